The van der Waals surface area contributed by atoms with E-state index in [2.05, 4.69) is 16.0 Å². The van der Waals surface area contributed by atoms with Crippen molar-refractivity contribution in [2.45, 2.75) is 33.2 Å². The quantitative estimate of drug-likeness (QED) is 0.587. The summed E-state index contributed by atoms with van der Waals surface area (Å²) in [4.78, 5) is 16.5. The largest absolute Gasteiger partial charge is 0.492 e. The summed E-state index contributed by atoms with van der Waals surface area (Å²) in [5.41, 5.74) is 2.12. The molecule has 0 radical (unpaired) electrons. The molecule has 1 heterocycles. The van der Waals surface area contributed by atoms with E-state index in [9.17, 15) is 4.79 Å². The lowest BCUT2D eigenvalue weighted by molar-refractivity contribution is -0.123. The number of benzene rings is 2. The van der Waals surface area contributed by atoms with Gasteiger partial charge in [-0.15, -0.1) is 0 Å². The minimum absolute atomic E-state index is 0.0182. The predicted octanol–water partition coefficient (Wildman–Crippen LogP) is 3.82. The number of aryl methyl sites for hydroxylation is 1. The van der Waals surface area contributed by atoms with E-state index in [1.165, 1.54) is 0 Å². The van der Waals surface area contributed by atoms with E-state index in [1.54, 1.807) is 0 Å². The minimum Gasteiger partial charge on any atom is -0.492 e. The average molecular weight is 365 g/mol. The highest BCUT2D eigenvalue weighted by Crippen LogP contribution is 2.17. The summed E-state index contributed by atoms with van der Waals surface area (Å²) in [5.74, 6) is 2.02. The molecule has 0 aliphatic heterocycles. The van der Waals surface area contributed by atoms with E-state index >= 15 is 0 Å². The first-order valence-corrected chi connectivity index (χ1v) is 9.55. The number of ether oxygens (including phenoxy) is 1. The van der Waals surface area contributed by atoms with E-state index in [0.717, 1.165) is 42.0 Å². The van der Waals surface area contributed by atoms with Crippen molar-refractivity contribution in [3.8, 4) is 5.75 Å². The fourth-order valence-electron chi connectivity index (χ4n) is 3.00. The van der Waals surface area contributed by atoms with Crippen LogP contribution in [0.1, 0.15) is 26.1 Å². The Morgan fingerprint density at radius 2 is 1.85 bits per heavy atom. The fourth-order valence-corrected chi connectivity index (χ4v) is 3.00. The molecular weight excluding hydrogens is 338 g/mol. The summed E-state index contributed by atoms with van der Waals surface area (Å²) >= 11 is 0. The van der Waals surface area contributed by atoms with Crippen molar-refractivity contribution in [3.63, 3.8) is 0 Å². The number of carbonyl (C=O) groups is 1. The van der Waals surface area contributed by atoms with Gasteiger partial charge in [-0.05, 0) is 30.7 Å². The van der Waals surface area contributed by atoms with Gasteiger partial charge in [0.15, 0.2) is 0 Å². The molecule has 0 fully saturated rings. The molecule has 0 spiro atoms. The minimum atomic E-state index is 0.0182. The summed E-state index contributed by atoms with van der Waals surface area (Å²) in [6.07, 6.45) is 1.68. The topological polar surface area (TPSA) is 56.2 Å². The second-order valence-corrected chi connectivity index (χ2v) is 6.88. The normalized spacial score (nSPS) is 11.1. The molecule has 0 unspecified atom stereocenters. The fraction of sp³-hybridized carbons (Fsp3) is 0.364. The number of nitrogens with one attached hydrogen (secondary N) is 1. The SMILES string of the molecule is CC(C)C(=O)NCCCc1nc2ccccc2n1CCOc1ccccc1. The van der Waals surface area contributed by atoms with Gasteiger partial charge in [-0.3, -0.25) is 4.79 Å². The van der Waals surface area contributed by atoms with Gasteiger partial charge in [0.2, 0.25) is 5.91 Å². The first-order chi connectivity index (χ1) is 13.1. The lowest BCUT2D eigenvalue weighted by atomic mass is 10.2. The Morgan fingerprint density at radius 3 is 2.63 bits per heavy atom. The number of hydrogen-bond donors (Lipinski definition) is 1. The maximum absolute atomic E-state index is 11.7. The molecule has 0 aliphatic carbocycles. The van der Waals surface area contributed by atoms with Gasteiger partial charge in [-0.1, -0.05) is 44.2 Å². The van der Waals surface area contributed by atoms with Crippen LogP contribution < -0.4 is 10.1 Å². The molecule has 3 rings (SSSR count). The number of hydrogen-bond acceptors (Lipinski definition) is 3. The van der Waals surface area contributed by atoms with E-state index in [1.807, 2.05) is 62.4 Å². The maximum atomic E-state index is 11.7. The van der Waals surface area contributed by atoms with Crippen molar-refractivity contribution in [2.75, 3.05) is 13.2 Å². The van der Waals surface area contributed by atoms with Crippen molar-refractivity contribution in [1.29, 1.82) is 0 Å². The van der Waals surface area contributed by atoms with Gasteiger partial charge in [0.1, 0.15) is 18.2 Å². The standard InChI is InChI=1S/C22H27N3O2/c1-17(2)22(26)23-14-8-13-21-24-19-11-6-7-12-20(19)25(21)15-16-27-18-9-4-3-5-10-18/h3-7,9-12,17H,8,13-16H2,1-2H3,(H,23,26). The summed E-state index contributed by atoms with van der Waals surface area (Å²) in [6, 6.07) is 18.0. The second-order valence-electron chi connectivity index (χ2n) is 6.88. The molecule has 0 aliphatic rings. The number of imidazole rings is 1. The molecule has 27 heavy (non-hydrogen) atoms. The number of rotatable bonds is 9. The molecule has 5 nitrogen and oxygen atoms in total. The number of aromatic nitrogens is 2. The lowest BCUT2D eigenvalue weighted by Crippen LogP contribution is -2.28. The van der Waals surface area contributed by atoms with Crippen LogP contribution in [0.5, 0.6) is 5.75 Å². The molecule has 2 aromatic carbocycles. The Labute approximate surface area is 160 Å². The van der Waals surface area contributed by atoms with Crippen LogP contribution in [-0.2, 0) is 17.8 Å². The maximum Gasteiger partial charge on any atom is 0.222 e. The van der Waals surface area contributed by atoms with Crippen molar-refractivity contribution in [1.82, 2.24) is 14.9 Å². The third-order valence-electron chi connectivity index (χ3n) is 4.46. The van der Waals surface area contributed by atoms with E-state index in [4.69, 9.17) is 9.72 Å². The van der Waals surface area contributed by atoms with Crippen LogP contribution in [0, 0.1) is 5.92 Å². The summed E-state index contributed by atoms with van der Waals surface area (Å²) in [6.45, 7) is 5.80. The Morgan fingerprint density at radius 1 is 1.11 bits per heavy atom. The van der Waals surface area contributed by atoms with Crippen LogP contribution in [0.15, 0.2) is 54.6 Å². The van der Waals surface area contributed by atoms with Gasteiger partial charge in [0, 0.05) is 18.9 Å². The van der Waals surface area contributed by atoms with E-state index in [-0.39, 0.29) is 11.8 Å². The molecule has 0 bridgehead atoms. The second kappa shape index (κ2) is 9.21. The Balaban J connectivity index is 1.63. The van der Waals surface area contributed by atoms with Crippen LogP contribution in [0.2, 0.25) is 0 Å². The Hall–Kier alpha value is -2.82. The molecule has 5 heteroatoms. The summed E-state index contributed by atoms with van der Waals surface area (Å²) in [5, 5.41) is 2.97. The van der Waals surface area contributed by atoms with Gasteiger partial charge < -0.3 is 14.6 Å². The summed E-state index contributed by atoms with van der Waals surface area (Å²) < 4.78 is 8.09. The van der Waals surface area contributed by atoms with Crippen LogP contribution in [0.4, 0.5) is 0 Å². The average Bonchev–Trinajstić information content (AvgIpc) is 3.03. The molecule has 0 atom stereocenters. The van der Waals surface area contributed by atoms with Crippen LogP contribution in [0.25, 0.3) is 11.0 Å². The van der Waals surface area contributed by atoms with E-state index < -0.39 is 0 Å². The molecule has 1 amide bonds. The third kappa shape index (κ3) is 5.09. The number of amides is 1. The zero-order valence-corrected chi connectivity index (χ0v) is 16.0. The molecule has 3 aromatic rings. The van der Waals surface area contributed by atoms with Gasteiger partial charge in [0.25, 0.3) is 0 Å². The van der Waals surface area contributed by atoms with E-state index in [0.29, 0.717) is 13.2 Å². The predicted molar refractivity (Wildman–Crippen MR) is 108 cm³/mol. The molecule has 1 N–H and O–H groups in total. The Bertz CT molecular complexity index is 872. The zero-order chi connectivity index (χ0) is 19.1. The highest BCUT2D eigenvalue weighted by molar-refractivity contribution is 5.77. The molecule has 142 valence electrons. The van der Waals surface area contributed by atoms with Crippen molar-refractivity contribution in [2.24, 2.45) is 5.92 Å². The summed E-state index contributed by atoms with van der Waals surface area (Å²) in [7, 11) is 0. The number of fused-ring (bicyclic) bond motifs is 1. The van der Waals surface area contributed by atoms with Crippen molar-refractivity contribution in [3.05, 3.63) is 60.4 Å². The number of nitrogens with zero attached hydrogens (tertiary/aromatic N) is 2. The van der Waals surface area contributed by atoms with Crippen LogP contribution >= 0.6 is 0 Å². The van der Waals surface area contributed by atoms with Gasteiger partial charge in [-0.2, -0.15) is 0 Å². The smallest absolute Gasteiger partial charge is 0.222 e. The molecular formula is C22H27N3O2. The van der Waals surface area contributed by atoms with Crippen molar-refractivity contribution >= 4 is 16.9 Å². The monoisotopic (exact) mass is 365 g/mol. The van der Waals surface area contributed by atoms with Gasteiger partial charge >= 0.3 is 0 Å². The first kappa shape index (κ1) is 19.0. The Kier molecular flexibility index (Phi) is 6.47. The van der Waals surface area contributed by atoms with Crippen molar-refractivity contribution < 1.29 is 9.53 Å². The molecule has 0 saturated heterocycles. The highest BCUT2D eigenvalue weighted by atomic mass is 16.5. The highest BCUT2D eigenvalue weighted by Gasteiger charge is 2.11. The number of carbonyl (C=O) groups excluding carboxylic acids is 1. The van der Waals surface area contributed by atoms with Crippen LogP contribution in [0.3, 0.4) is 0 Å². The third-order valence-corrected chi connectivity index (χ3v) is 4.46. The van der Waals surface area contributed by atoms with Crippen LogP contribution in [-0.4, -0.2) is 28.6 Å². The first-order valence-electron chi connectivity index (χ1n) is 9.55. The zero-order valence-electron chi connectivity index (χ0n) is 16.0. The lowest BCUT2D eigenvalue weighted by Gasteiger charge is -2.11. The molecule has 0 saturated carbocycles. The molecule has 1 aromatic heterocycles. The van der Waals surface area contributed by atoms with Gasteiger partial charge in [-0.25, -0.2) is 4.98 Å². The van der Waals surface area contributed by atoms with Gasteiger partial charge in [0.05, 0.1) is 17.6 Å². The number of para-hydroxylation sites is 3.